The van der Waals surface area contributed by atoms with Crippen molar-refractivity contribution in [1.29, 1.82) is 0 Å². The Labute approximate surface area is 158 Å². The number of rotatable bonds is 3. The van der Waals surface area contributed by atoms with Crippen LogP contribution in [-0.4, -0.2) is 21.6 Å². The number of amides is 1. The molecule has 0 spiro atoms. The van der Waals surface area contributed by atoms with Crippen LogP contribution in [0.4, 0.5) is 11.4 Å². The van der Waals surface area contributed by atoms with E-state index in [-0.39, 0.29) is 17.2 Å². The van der Waals surface area contributed by atoms with Crippen LogP contribution in [0.3, 0.4) is 0 Å². The second-order valence-corrected chi connectivity index (χ2v) is 7.80. The molecule has 5 nitrogen and oxygen atoms in total. The van der Waals surface area contributed by atoms with Gasteiger partial charge in [0.2, 0.25) is 5.91 Å². The van der Waals surface area contributed by atoms with E-state index in [0.717, 1.165) is 21.2 Å². The molecule has 0 saturated heterocycles. The Balaban J connectivity index is 1.64. The van der Waals surface area contributed by atoms with Crippen LogP contribution in [0.25, 0.3) is 0 Å². The second-order valence-electron chi connectivity index (χ2n) is 5.75. The van der Waals surface area contributed by atoms with E-state index in [1.807, 2.05) is 48.5 Å². The SMILES string of the molecule is Cc1cc(=O)[nH]c(SCC(=O)N2c3ccccc3Sc3ccccc32)n1. The monoisotopic (exact) mass is 381 g/mol. The van der Waals surface area contributed by atoms with Crippen LogP contribution in [0, 0.1) is 6.92 Å². The van der Waals surface area contributed by atoms with E-state index >= 15 is 0 Å². The Bertz CT molecular complexity index is 1000. The maximum absolute atomic E-state index is 13.0. The van der Waals surface area contributed by atoms with Crippen LogP contribution in [0.15, 0.2) is 74.3 Å². The molecule has 0 aliphatic carbocycles. The average Bonchev–Trinajstić information content (AvgIpc) is 2.63. The molecule has 0 atom stereocenters. The van der Waals surface area contributed by atoms with Crippen LogP contribution in [-0.2, 0) is 4.79 Å². The van der Waals surface area contributed by atoms with Crippen molar-refractivity contribution in [2.24, 2.45) is 0 Å². The number of aromatic nitrogens is 2. The molecule has 0 bridgehead atoms. The summed E-state index contributed by atoms with van der Waals surface area (Å²) in [6.45, 7) is 1.76. The van der Waals surface area contributed by atoms with Crippen molar-refractivity contribution < 1.29 is 4.79 Å². The Morgan fingerprint density at radius 3 is 2.35 bits per heavy atom. The van der Waals surface area contributed by atoms with Gasteiger partial charge in [-0.25, -0.2) is 4.98 Å². The standard InChI is InChI=1S/C19H15N3O2S2/c1-12-10-17(23)21-19(20-12)25-11-18(24)22-13-6-2-4-8-15(13)26-16-9-5-3-7-14(16)22/h2-10H,11H2,1H3,(H,20,21,23). The van der Waals surface area contributed by atoms with Crippen LogP contribution in [0.2, 0.25) is 0 Å². The molecule has 2 aromatic carbocycles. The maximum Gasteiger partial charge on any atom is 0.251 e. The van der Waals surface area contributed by atoms with Crippen molar-refractivity contribution in [3.8, 4) is 0 Å². The number of anilines is 2. The third kappa shape index (κ3) is 3.27. The highest BCUT2D eigenvalue weighted by molar-refractivity contribution is 8.00. The molecule has 0 unspecified atom stereocenters. The lowest BCUT2D eigenvalue weighted by Crippen LogP contribution is -2.30. The molecule has 0 saturated carbocycles. The minimum absolute atomic E-state index is 0.0562. The fourth-order valence-corrected chi connectivity index (χ4v) is 4.62. The molecule has 3 aromatic rings. The van der Waals surface area contributed by atoms with Crippen molar-refractivity contribution in [2.45, 2.75) is 21.9 Å². The summed E-state index contributed by atoms with van der Waals surface area (Å²) < 4.78 is 0. The fraction of sp³-hybridized carbons (Fsp3) is 0.105. The molecule has 130 valence electrons. The smallest absolute Gasteiger partial charge is 0.251 e. The number of benzene rings is 2. The zero-order chi connectivity index (χ0) is 18.1. The number of hydrogen-bond acceptors (Lipinski definition) is 5. The van der Waals surface area contributed by atoms with Gasteiger partial charge in [0, 0.05) is 21.6 Å². The van der Waals surface area contributed by atoms with Crippen molar-refractivity contribution in [2.75, 3.05) is 10.7 Å². The number of thioether (sulfide) groups is 1. The predicted molar refractivity (Wildman–Crippen MR) is 104 cm³/mol. The highest BCUT2D eigenvalue weighted by Crippen LogP contribution is 2.48. The van der Waals surface area contributed by atoms with E-state index in [9.17, 15) is 9.59 Å². The zero-order valence-electron chi connectivity index (χ0n) is 13.9. The highest BCUT2D eigenvalue weighted by atomic mass is 32.2. The van der Waals surface area contributed by atoms with E-state index in [1.165, 1.54) is 17.8 Å². The molecule has 1 N–H and O–H groups in total. The number of aromatic amines is 1. The summed E-state index contributed by atoms with van der Waals surface area (Å²) in [5.41, 5.74) is 2.19. The number of fused-ring (bicyclic) bond motifs is 2. The van der Waals surface area contributed by atoms with E-state index in [0.29, 0.717) is 10.9 Å². The Hall–Kier alpha value is -2.51. The molecule has 1 aliphatic heterocycles. The van der Waals surface area contributed by atoms with Gasteiger partial charge < -0.3 is 4.98 Å². The quantitative estimate of drug-likeness (QED) is 0.549. The van der Waals surface area contributed by atoms with Gasteiger partial charge in [0.15, 0.2) is 5.16 Å². The molecule has 4 rings (SSSR count). The third-order valence-corrected chi connectivity index (χ3v) is 5.85. The largest absolute Gasteiger partial charge is 0.301 e. The van der Waals surface area contributed by atoms with Crippen LogP contribution in [0.1, 0.15) is 5.69 Å². The first-order valence-electron chi connectivity index (χ1n) is 8.01. The number of H-pyrrole nitrogens is 1. The molecule has 0 fully saturated rings. The van der Waals surface area contributed by atoms with Gasteiger partial charge in [0.05, 0.1) is 17.1 Å². The first-order chi connectivity index (χ1) is 12.6. The van der Waals surface area contributed by atoms with Crippen LogP contribution < -0.4 is 10.5 Å². The molecule has 1 amide bonds. The molecule has 1 aliphatic rings. The maximum atomic E-state index is 13.0. The number of nitrogens with one attached hydrogen (secondary N) is 1. The van der Waals surface area contributed by atoms with Gasteiger partial charge in [-0.05, 0) is 31.2 Å². The zero-order valence-corrected chi connectivity index (χ0v) is 15.6. The Morgan fingerprint density at radius 2 is 1.73 bits per heavy atom. The Morgan fingerprint density at radius 1 is 1.12 bits per heavy atom. The first-order valence-corrected chi connectivity index (χ1v) is 9.82. The summed E-state index contributed by atoms with van der Waals surface area (Å²) >= 11 is 2.90. The Kier molecular flexibility index (Phi) is 4.57. The van der Waals surface area contributed by atoms with Crippen molar-refractivity contribution in [3.05, 3.63) is 70.6 Å². The molecule has 7 heteroatoms. The van der Waals surface area contributed by atoms with Gasteiger partial charge >= 0.3 is 0 Å². The van der Waals surface area contributed by atoms with Gasteiger partial charge in [-0.3, -0.25) is 14.5 Å². The minimum atomic E-state index is -0.211. The first kappa shape index (κ1) is 16.9. The van der Waals surface area contributed by atoms with Gasteiger partial charge in [-0.1, -0.05) is 47.8 Å². The van der Waals surface area contributed by atoms with Gasteiger partial charge in [-0.15, -0.1) is 0 Å². The lowest BCUT2D eigenvalue weighted by Gasteiger charge is -2.30. The number of carbonyl (C=O) groups is 1. The van der Waals surface area contributed by atoms with E-state index in [4.69, 9.17) is 0 Å². The number of para-hydroxylation sites is 2. The van der Waals surface area contributed by atoms with Crippen LogP contribution >= 0.6 is 23.5 Å². The summed E-state index contributed by atoms with van der Waals surface area (Å²) in [5, 5.41) is 0.455. The van der Waals surface area contributed by atoms with Crippen molar-refractivity contribution >= 4 is 40.8 Å². The topological polar surface area (TPSA) is 66.1 Å². The number of hydrogen-bond donors (Lipinski definition) is 1. The summed E-state index contributed by atoms with van der Waals surface area (Å²) in [5.74, 6) is 0.124. The van der Waals surface area contributed by atoms with Crippen molar-refractivity contribution in [3.63, 3.8) is 0 Å². The minimum Gasteiger partial charge on any atom is -0.301 e. The average molecular weight is 381 g/mol. The second kappa shape index (κ2) is 7.01. The summed E-state index contributed by atoms with van der Waals surface area (Å²) in [6, 6.07) is 17.2. The molecule has 26 heavy (non-hydrogen) atoms. The third-order valence-electron chi connectivity index (χ3n) is 3.86. The summed E-state index contributed by atoms with van der Waals surface area (Å²) in [4.78, 5) is 35.4. The summed E-state index contributed by atoms with van der Waals surface area (Å²) in [7, 11) is 0. The van der Waals surface area contributed by atoms with Crippen molar-refractivity contribution in [1.82, 2.24) is 9.97 Å². The molecule has 1 aromatic heterocycles. The lowest BCUT2D eigenvalue weighted by molar-refractivity contribution is -0.115. The number of carbonyl (C=O) groups excluding carboxylic acids is 1. The van der Waals surface area contributed by atoms with Gasteiger partial charge in [0.1, 0.15) is 0 Å². The van der Waals surface area contributed by atoms with E-state index in [2.05, 4.69) is 9.97 Å². The number of aryl methyl sites for hydroxylation is 1. The highest BCUT2D eigenvalue weighted by Gasteiger charge is 2.27. The molecular weight excluding hydrogens is 366 g/mol. The molecular formula is C19H15N3O2S2. The predicted octanol–water partition coefficient (Wildman–Crippen LogP) is 4.00. The molecule has 0 radical (unpaired) electrons. The van der Waals surface area contributed by atoms with Gasteiger partial charge in [-0.2, -0.15) is 0 Å². The van der Waals surface area contributed by atoms with Gasteiger partial charge in [0.25, 0.3) is 5.56 Å². The number of nitrogens with zero attached hydrogens (tertiary/aromatic N) is 2. The normalized spacial score (nSPS) is 12.4. The van der Waals surface area contributed by atoms with E-state index in [1.54, 1.807) is 23.6 Å². The summed E-state index contributed by atoms with van der Waals surface area (Å²) in [6.07, 6.45) is 0. The lowest BCUT2D eigenvalue weighted by atomic mass is 10.2. The van der Waals surface area contributed by atoms with E-state index < -0.39 is 0 Å². The molecule has 2 heterocycles. The fourth-order valence-electron chi connectivity index (χ4n) is 2.79. The van der Waals surface area contributed by atoms with Crippen LogP contribution in [0.5, 0.6) is 0 Å².